The maximum atomic E-state index is 12.6. The van der Waals surface area contributed by atoms with Crippen LogP contribution in [0.5, 0.6) is 0 Å². The first-order valence-electron chi connectivity index (χ1n) is 8.29. The standard InChI is InChI=1S/C16H23F3N6S.HI/c1-5-11-10(12(6-2)25(4)24-11)7-21-15(20-3)22-8-14-23-13(9-26-14)16(17,18)19;/h9H,5-8H2,1-4H3,(H2,20,21,22);1H. The number of thiazole rings is 1. The molecule has 0 aromatic carbocycles. The van der Waals surface area contributed by atoms with Crippen molar-refractivity contribution >= 4 is 41.3 Å². The van der Waals surface area contributed by atoms with Gasteiger partial charge in [-0.25, -0.2) is 4.98 Å². The van der Waals surface area contributed by atoms with Crippen molar-refractivity contribution < 1.29 is 13.2 Å². The quantitative estimate of drug-likeness (QED) is 0.351. The fraction of sp³-hybridized carbons (Fsp3) is 0.562. The third-order valence-corrected chi connectivity index (χ3v) is 4.78. The third-order valence-electron chi connectivity index (χ3n) is 3.93. The highest BCUT2D eigenvalue weighted by molar-refractivity contribution is 14.0. The second-order valence-electron chi connectivity index (χ2n) is 5.61. The van der Waals surface area contributed by atoms with E-state index in [9.17, 15) is 13.2 Å². The highest BCUT2D eigenvalue weighted by Gasteiger charge is 2.33. The van der Waals surface area contributed by atoms with Crippen LogP contribution < -0.4 is 10.6 Å². The number of hydrogen-bond acceptors (Lipinski definition) is 4. The molecule has 27 heavy (non-hydrogen) atoms. The molecule has 0 spiro atoms. The molecule has 0 saturated heterocycles. The van der Waals surface area contributed by atoms with Gasteiger partial charge >= 0.3 is 6.18 Å². The Morgan fingerprint density at radius 2 is 1.89 bits per heavy atom. The van der Waals surface area contributed by atoms with Crippen LogP contribution in [0.2, 0.25) is 0 Å². The number of nitrogens with zero attached hydrogens (tertiary/aromatic N) is 4. The molecule has 11 heteroatoms. The molecular weight excluding hydrogens is 492 g/mol. The molecule has 0 radical (unpaired) electrons. The molecule has 0 bridgehead atoms. The van der Waals surface area contributed by atoms with Gasteiger partial charge in [0, 0.05) is 37.3 Å². The normalized spacial score (nSPS) is 12.0. The minimum Gasteiger partial charge on any atom is -0.352 e. The SMILES string of the molecule is CCc1nn(C)c(CC)c1CNC(=NC)NCc1nc(C(F)(F)F)cs1.I. The maximum Gasteiger partial charge on any atom is 0.434 e. The lowest BCUT2D eigenvalue weighted by atomic mass is 10.1. The summed E-state index contributed by atoms with van der Waals surface area (Å²) in [7, 11) is 3.54. The van der Waals surface area contributed by atoms with Gasteiger partial charge in [0.15, 0.2) is 11.7 Å². The molecule has 0 aliphatic rings. The predicted octanol–water partition coefficient (Wildman–Crippen LogP) is 3.50. The average Bonchev–Trinajstić information content (AvgIpc) is 3.19. The van der Waals surface area contributed by atoms with Gasteiger partial charge in [0.2, 0.25) is 0 Å². The zero-order chi connectivity index (χ0) is 19.3. The van der Waals surface area contributed by atoms with E-state index in [1.54, 1.807) is 7.05 Å². The molecule has 0 fully saturated rings. The van der Waals surface area contributed by atoms with Crippen molar-refractivity contribution in [3.8, 4) is 0 Å². The van der Waals surface area contributed by atoms with E-state index in [4.69, 9.17) is 0 Å². The summed E-state index contributed by atoms with van der Waals surface area (Å²) in [5, 5.41) is 12.1. The van der Waals surface area contributed by atoms with Crippen molar-refractivity contribution in [2.75, 3.05) is 7.05 Å². The summed E-state index contributed by atoms with van der Waals surface area (Å²) < 4.78 is 39.7. The number of rotatable bonds is 6. The van der Waals surface area contributed by atoms with Crippen LogP contribution in [0.15, 0.2) is 10.4 Å². The van der Waals surface area contributed by atoms with Gasteiger partial charge < -0.3 is 10.6 Å². The Balaban J connectivity index is 0.00000364. The van der Waals surface area contributed by atoms with Crippen molar-refractivity contribution in [2.24, 2.45) is 12.0 Å². The Labute approximate surface area is 177 Å². The van der Waals surface area contributed by atoms with Crippen molar-refractivity contribution in [3.63, 3.8) is 0 Å². The van der Waals surface area contributed by atoms with Crippen LogP contribution in [0.3, 0.4) is 0 Å². The van der Waals surface area contributed by atoms with E-state index >= 15 is 0 Å². The Morgan fingerprint density at radius 3 is 2.41 bits per heavy atom. The highest BCUT2D eigenvalue weighted by Crippen LogP contribution is 2.29. The van der Waals surface area contributed by atoms with Gasteiger partial charge in [-0.2, -0.15) is 18.3 Å². The Morgan fingerprint density at radius 1 is 1.22 bits per heavy atom. The molecule has 2 aromatic rings. The van der Waals surface area contributed by atoms with Gasteiger partial charge in [-0.05, 0) is 12.8 Å². The summed E-state index contributed by atoms with van der Waals surface area (Å²) in [5.41, 5.74) is 2.45. The van der Waals surface area contributed by atoms with E-state index < -0.39 is 11.9 Å². The highest BCUT2D eigenvalue weighted by atomic mass is 127. The zero-order valence-electron chi connectivity index (χ0n) is 15.6. The summed E-state index contributed by atoms with van der Waals surface area (Å²) in [4.78, 5) is 7.71. The molecule has 152 valence electrons. The first-order valence-corrected chi connectivity index (χ1v) is 9.17. The summed E-state index contributed by atoms with van der Waals surface area (Å²) in [5.74, 6) is 0.502. The van der Waals surface area contributed by atoms with Crippen molar-refractivity contribution in [2.45, 2.75) is 46.0 Å². The van der Waals surface area contributed by atoms with Crippen LogP contribution in [-0.4, -0.2) is 27.8 Å². The first kappa shape index (κ1) is 23.7. The second kappa shape index (κ2) is 10.2. The van der Waals surface area contributed by atoms with Crippen LogP contribution >= 0.6 is 35.3 Å². The van der Waals surface area contributed by atoms with E-state index in [1.807, 2.05) is 11.7 Å². The number of guanidine groups is 1. The summed E-state index contributed by atoms with van der Waals surface area (Å²) in [6.45, 7) is 4.85. The Kier molecular flexibility index (Phi) is 8.99. The molecule has 0 aliphatic carbocycles. The third kappa shape index (κ3) is 6.06. The molecule has 2 aromatic heterocycles. The van der Waals surface area contributed by atoms with E-state index in [-0.39, 0.29) is 30.5 Å². The van der Waals surface area contributed by atoms with E-state index in [0.717, 1.165) is 46.5 Å². The van der Waals surface area contributed by atoms with Gasteiger partial charge in [-0.1, -0.05) is 13.8 Å². The number of aliphatic imine (C=N–C) groups is 1. The number of aromatic nitrogens is 3. The number of nitrogens with one attached hydrogen (secondary N) is 2. The molecule has 2 N–H and O–H groups in total. The molecule has 0 saturated carbocycles. The lowest BCUT2D eigenvalue weighted by Gasteiger charge is -2.12. The lowest BCUT2D eigenvalue weighted by Crippen LogP contribution is -2.36. The van der Waals surface area contributed by atoms with Gasteiger partial charge in [-0.3, -0.25) is 9.67 Å². The summed E-state index contributed by atoms with van der Waals surface area (Å²) >= 11 is 0.969. The zero-order valence-corrected chi connectivity index (χ0v) is 18.8. The van der Waals surface area contributed by atoms with Crippen LogP contribution in [0.4, 0.5) is 13.2 Å². The molecule has 0 aliphatic heterocycles. The fourth-order valence-corrected chi connectivity index (χ4v) is 3.41. The average molecular weight is 516 g/mol. The van der Waals surface area contributed by atoms with Crippen molar-refractivity contribution in [1.29, 1.82) is 0 Å². The largest absolute Gasteiger partial charge is 0.434 e. The van der Waals surface area contributed by atoms with Crippen LogP contribution in [-0.2, 0) is 39.2 Å². The van der Waals surface area contributed by atoms with E-state index in [1.165, 1.54) is 0 Å². The predicted molar refractivity (Wildman–Crippen MR) is 112 cm³/mol. The lowest BCUT2D eigenvalue weighted by molar-refractivity contribution is -0.140. The Hall–Kier alpha value is -1.37. The number of halogens is 4. The molecule has 6 nitrogen and oxygen atoms in total. The Bertz CT molecular complexity index is 769. The molecule has 2 heterocycles. The number of aryl methyl sites for hydroxylation is 2. The van der Waals surface area contributed by atoms with Gasteiger partial charge in [-0.15, -0.1) is 35.3 Å². The first-order chi connectivity index (χ1) is 12.3. The number of alkyl halides is 3. The van der Waals surface area contributed by atoms with Gasteiger partial charge in [0.25, 0.3) is 0 Å². The second-order valence-corrected chi connectivity index (χ2v) is 6.55. The van der Waals surface area contributed by atoms with Crippen molar-refractivity contribution in [1.82, 2.24) is 25.4 Å². The van der Waals surface area contributed by atoms with E-state index in [2.05, 4.69) is 39.6 Å². The van der Waals surface area contributed by atoms with E-state index in [0.29, 0.717) is 17.5 Å². The number of hydrogen-bond donors (Lipinski definition) is 2. The minimum atomic E-state index is -4.41. The van der Waals surface area contributed by atoms with Crippen LogP contribution in [0, 0.1) is 0 Å². The fourth-order valence-electron chi connectivity index (χ4n) is 2.67. The van der Waals surface area contributed by atoms with Gasteiger partial charge in [0.05, 0.1) is 12.2 Å². The molecule has 0 atom stereocenters. The minimum absolute atomic E-state index is 0. The molecule has 2 rings (SSSR count). The molecule has 0 amide bonds. The molecule has 0 unspecified atom stereocenters. The maximum absolute atomic E-state index is 12.6. The van der Waals surface area contributed by atoms with Crippen LogP contribution in [0.1, 0.15) is 41.5 Å². The van der Waals surface area contributed by atoms with Gasteiger partial charge in [0.1, 0.15) is 5.01 Å². The molecular formula is C16H24F3IN6S. The van der Waals surface area contributed by atoms with Crippen LogP contribution in [0.25, 0.3) is 0 Å². The topological polar surface area (TPSA) is 67.1 Å². The summed E-state index contributed by atoms with van der Waals surface area (Å²) in [6.07, 6.45) is -2.72. The summed E-state index contributed by atoms with van der Waals surface area (Å²) in [6, 6.07) is 0. The monoisotopic (exact) mass is 516 g/mol. The van der Waals surface area contributed by atoms with Crippen molar-refractivity contribution in [3.05, 3.63) is 33.0 Å². The smallest absolute Gasteiger partial charge is 0.352 e.